The third-order valence-corrected chi connectivity index (χ3v) is 5.77. The average Bonchev–Trinajstić information content (AvgIpc) is 2.68. The molecule has 140 valence electrons. The van der Waals surface area contributed by atoms with E-state index in [-0.39, 0.29) is 11.7 Å². The van der Waals surface area contributed by atoms with Crippen molar-refractivity contribution in [3.8, 4) is 0 Å². The lowest BCUT2D eigenvalue weighted by atomic mass is 9.77. The summed E-state index contributed by atoms with van der Waals surface area (Å²) < 4.78 is 0. The van der Waals surface area contributed by atoms with E-state index in [1.54, 1.807) is 0 Å². The number of carbonyl (C=O) groups excluding carboxylic acids is 1. The van der Waals surface area contributed by atoms with Crippen molar-refractivity contribution < 1.29 is 9.90 Å². The number of hydrogen-bond donors (Lipinski definition) is 1. The van der Waals surface area contributed by atoms with Gasteiger partial charge >= 0.3 is 0 Å². The Morgan fingerprint density at radius 3 is 2.24 bits per heavy atom. The van der Waals surface area contributed by atoms with E-state index in [1.165, 1.54) is 6.42 Å². The van der Waals surface area contributed by atoms with Gasteiger partial charge in [-0.1, -0.05) is 63.4 Å². The first kappa shape index (κ1) is 20.1. The molecule has 1 aromatic rings. The Balaban J connectivity index is 2.23. The second-order valence-corrected chi connectivity index (χ2v) is 7.20. The fourth-order valence-corrected chi connectivity index (χ4v) is 3.98. The first-order valence-electron chi connectivity index (χ1n) is 9.79. The molecule has 0 spiro atoms. The van der Waals surface area contributed by atoms with Gasteiger partial charge in [-0.2, -0.15) is 0 Å². The molecule has 0 amide bonds. The first-order valence-corrected chi connectivity index (χ1v) is 9.79. The maximum absolute atomic E-state index is 13.3. The van der Waals surface area contributed by atoms with Crippen molar-refractivity contribution >= 4 is 5.78 Å². The number of rotatable bonds is 9. The van der Waals surface area contributed by atoms with Crippen LogP contribution in [0.5, 0.6) is 0 Å². The lowest BCUT2D eigenvalue weighted by Gasteiger charge is -2.44. The van der Waals surface area contributed by atoms with Crippen LogP contribution >= 0.6 is 0 Å². The van der Waals surface area contributed by atoms with Crippen LogP contribution in [0.25, 0.3) is 0 Å². The number of hydrogen-bond acceptors (Lipinski definition) is 4. The number of likely N-dealkylation sites (N-methyl/N-ethyl adjacent to an activating group) is 2. The Hall–Kier alpha value is -1.23. The third kappa shape index (κ3) is 4.69. The molecule has 2 rings (SSSR count). The van der Waals surface area contributed by atoms with E-state index in [0.717, 1.165) is 45.3 Å². The summed E-state index contributed by atoms with van der Waals surface area (Å²) in [4.78, 5) is 17.5. The van der Waals surface area contributed by atoms with Gasteiger partial charge in [0.1, 0.15) is 0 Å². The van der Waals surface area contributed by atoms with Gasteiger partial charge in [-0.05, 0) is 33.0 Å². The van der Waals surface area contributed by atoms with Crippen molar-refractivity contribution in [2.45, 2.75) is 51.7 Å². The second kappa shape index (κ2) is 9.46. The van der Waals surface area contributed by atoms with Crippen molar-refractivity contribution in [1.29, 1.82) is 0 Å². The molecule has 0 unspecified atom stereocenters. The minimum absolute atomic E-state index is 0.00987. The fraction of sp³-hybridized carbons (Fsp3) is 0.667. The van der Waals surface area contributed by atoms with Crippen molar-refractivity contribution in [1.82, 2.24) is 9.80 Å². The molecule has 0 radical (unpaired) electrons. The van der Waals surface area contributed by atoms with Crippen LogP contribution in [0.2, 0.25) is 0 Å². The van der Waals surface area contributed by atoms with Crippen LogP contribution in [0, 0.1) is 5.92 Å². The highest BCUT2D eigenvalue weighted by molar-refractivity contribution is 6.02. The smallest absolute Gasteiger partial charge is 0.209 e. The summed E-state index contributed by atoms with van der Waals surface area (Å²) in [6.07, 6.45) is 5.24. The molecule has 1 saturated carbocycles. The van der Waals surface area contributed by atoms with Crippen molar-refractivity contribution in [3.63, 3.8) is 0 Å². The Bertz CT molecular complexity index is 524. The van der Waals surface area contributed by atoms with E-state index < -0.39 is 5.72 Å². The van der Waals surface area contributed by atoms with Crippen LogP contribution in [-0.2, 0) is 0 Å². The predicted octanol–water partition coefficient (Wildman–Crippen LogP) is 3.41. The number of benzene rings is 1. The van der Waals surface area contributed by atoms with Crippen LogP contribution in [0.4, 0.5) is 0 Å². The quantitative estimate of drug-likeness (QED) is 0.550. The molecule has 0 aliphatic heterocycles. The molecule has 1 aliphatic rings. The molecule has 25 heavy (non-hydrogen) atoms. The first-order chi connectivity index (χ1) is 12.0. The second-order valence-electron chi connectivity index (χ2n) is 7.20. The predicted molar refractivity (Wildman–Crippen MR) is 103 cm³/mol. The van der Waals surface area contributed by atoms with Gasteiger partial charge in [-0.3, -0.25) is 9.69 Å². The molecule has 0 saturated heterocycles. The number of nitrogens with zero attached hydrogens (tertiary/aromatic N) is 2. The standard InChI is InChI=1S/C21H34N2O2/c1-4-23(5-2)17-16-22(3)21(25,19-14-10-7-11-15-19)20(24)18-12-8-6-9-13-18/h6,8-9,12-13,19,25H,4-5,7,10-11,14-17H2,1-3H3/t21-/m0/s1. The van der Waals surface area contributed by atoms with Gasteiger partial charge in [-0.25, -0.2) is 0 Å². The highest BCUT2D eigenvalue weighted by Crippen LogP contribution is 2.36. The Morgan fingerprint density at radius 2 is 1.68 bits per heavy atom. The average molecular weight is 347 g/mol. The van der Waals surface area contributed by atoms with Gasteiger partial charge in [0.2, 0.25) is 5.78 Å². The Kier molecular flexibility index (Phi) is 7.60. The zero-order valence-electron chi connectivity index (χ0n) is 16.1. The molecule has 1 fully saturated rings. The van der Waals surface area contributed by atoms with Gasteiger partial charge in [0.15, 0.2) is 5.72 Å². The van der Waals surface area contributed by atoms with E-state index in [2.05, 4.69) is 18.7 Å². The summed E-state index contributed by atoms with van der Waals surface area (Å²) in [6.45, 7) is 7.81. The molecule has 1 atom stereocenters. The molecule has 4 heteroatoms. The summed E-state index contributed by atoms with van der Waals surface area (Å²) >= 11 is 0. The number of carbonyl (C=O) groups is 1. The fourth-order valence-electron chi connectivity index (χ4n) is 3.98. The monoisotopic (exact) mass is 346 g/mol. The molecule has 0 bridgehead atoms. The third-order valence-electron chi connectivity index (χ3n) is 5.77. The normalized spacial score (nSPS) is 18.5. The van der Waals surface area contributed by atoms with Gasteiger partial charge in [0, 0.05) is 24.6 Å². The maximum Gasteiger partial charge on any atom is 0.209 e. The molecule has 1 N–H and O–H groups in total. The lowest BCUT2D eigenvalue weighted by molar-refractivity contribution is -0.113. The SMILES string of the molecule is CCN(CC)CCN(C)[C@@](O)(C(=O)c1ccccc1)C1CCCCC1. The van der Waals surface area contributed by atoms with Gasteiger partial charge in [0.25, 0.3) is 0 Å². The van der Waals surface area contributed by atoms with Crippen molar-refractivity contribution in [2.24, 2.45) is 5.92 Å². The molecule has 0 heterocycles. The summed E-state index contributed by atoms with van der Waals surface area (Å²) in [5.74, 6) is -0.141. The maximum atomic E-state index is 13.3. The van der Waals surface area contributed by atoms with E-state index in [4.69, 9.17) is 0 Å². The Labute approximate surface area is 152 Å². The van der Waals surface area contributed by atoms with Crippen LogP contribution in [0.15, 0.2) is 30.3 Å². The summed E-state index contributed by atoms with van der Waals surface area (Å²) in [7, 11) is 1.90. The van der Waals surface area contributed by atoms with Crippen molar-refractivity contribution in [2.75, 3.05) is 33.2 Å². The number of aliphatic hydroxyl groups is 1. The van der Waals surface area contributed by atoms with E-state index in [1.807, 2.05) is 42.3 Å². The van der Waals surface area contributed by atoms with Gasteiger partial charge in [0.05, 0.1) is 0 Å². The van der Waals surface area contributed by atoms with E-state index in [0.29, 0.717) is 12.1 Å². The highest BCUT2D eigenvalue weighted by Gasteiger charge is 2.47. The minimum atomic E-state index is -1.41. The Morgan fingerprint density at radius 1 is 1.08 bits per heavy atom. The molecule has 1 aliphatic carbocycles. The van der Waals surface area contributed by atoms with Crippen LogP contribution in [0.3, 0.4) is 0 Å². The largest absolute Gasteiger partial charge is 0.368 e. The minimum Gasteiger partial charge on any atom is -0.368 e. The van der Waals surface area contributed by atoms with Gasteiger partial charge in [-0.15, -0.1) is 0 Å². The summed E-state index contributed by atoms with van der Waals surface area (Å²) in [6, 6.07) is 9.26. The zero-order valence-corrected chi connectivity index (χ0v) is 16.1. The molecule has 0 aromatic heterocycles. The van der Waals surface area contributed by atoms with Crippen molar-refractivity contribution in [3.05, 3.63) is 35.9 Å². The highest BCUT2D eigenvalue weighted by atomic mass is 16.3. The summed E-state index contributed by atoms with van der Waals surface area (Å²) in [5, 5.41) is 11.6. The van der Waals surface area contributed by atoms with Gasteiger partial charge < -0.3 is 10.0 Å². The van der Waals surface area contributed by atoms with E-state index >= 15 is 0 Å². The van der Waals surface area contributed by atoms with Crippen LogP contribution in [0.1, 0.15) is 56.3 Å². The zero-order chi connectivity index (χ0) is 18.3. The number of Topliss-reactive ketones (excluding diaryl/α,β-unsaturated/α-hetero) is 1. The molecule has 4 nitrogen and oxygen atoms in total. The lowest BCUT2D eigenvalue weighted by Crippen LogP contribution is -2.59. The number of ketones is 1. The van der Waals surface area contributed by atoms with Crippen LogP contribution < -0.4 is 0 Å². The summed E-state index contributed by atoms with van der Waals surface area (Å²) in [5.41, 5.74) is -0.806. The topological polar surface area (TPSA) is 43.8 Å². The van der Waals surface area contributed by atoms with Crippen LogP contribution in [-0.4, -0.2) is 59.6 Å². The van der Waals surface area contributed by atoms with E-state index in [9.17, 15) is 9.90 Å². The molecular formula is C21H34N2O2. The molecule has 1 aromatic carbocycles. The molecular weight excluding hydrogens is 312 g/mol.